The van der Waals surface area contributed by atoms with Gasteiger partial charge in [0, 0.05) is 62.6 Å². The van der Waals surface area contributed by atoms with Crippen LogP contribution in [0.25, 0.3) is 0 Å². The van der Waals surface area contributed by atoms with Crippen LogP contribution in [0.3, 0.4) is 0 Å². The van der Waals surface area contributed by atoms with E-state index < -0.39 is 0 Å². The van der Waals surface area contributed by atoms with Crippen LogP contribution in [-0.4, -0.2) is 59.6 Å². The first-order valence-electron chi connectivity index (χ1n) is 8.23. The number of hydrogen-bond acceptors (Lipinski definition) is 5. The third-order valence-corrected chi connectivity index (χ3v) is 5.60. The molecular weight excluding hydrogens is 262 g/mol. The van der Waals surface area contributed by atoms with Gasteiger partial charge in [-0.25, -0.2) is 0 Å². The molecule has 2 bridgehead atoms. The van der Waals surface area contributed by atoms with Gasteiger partial charge in [-0.15, -0.1) is 0 Å². The summed E-state index contributed by atoms with van der Waals surface area (Å²) in [6.07, 6.45) is 5.54. The van der Waals surface area contributed by atoms with Gasteiger partial charge < -0.3 is 0 Å². The van der Waals surface area contributed by atoms with Crippen LogP contribution in [-0.2, 0) is 6.42 Å². The monoisotopic (exact) mass is 287 g/mol. The van der Waals surface area contributed by atoms with Crippen LogP contribution in [0.1, 0.15) is 30.0 Å². The predicted molar refractivity (Wildman–Crippen MR) is 82.8 cm³/mol. The largest absolute Gasteiger partial charge is 0.299 e. The summed E-state index contributed by atoms with van der Waals surface area (Å²) >= 11 is 0. The Morgan fingerprint density at radius 3 is 2.86 bits per heavy atom. The van der Waals surface area contributed by atoms with E-state index in [0.29, 0.717) is 18.0 Å². The average molecular weight is 287 g/mol. The van der Waals surface area contributed by atoms with E-state index in [2.05, 4.69) is 27.4 Å². The fourth-order valence-electron chi connectivity index (χ4n) is 4.49. The van der Waals surface area contributed by atoms with Crippen LogP contribution in [0.2, 0.25) is 0 Å². The highest BCUT2D eigenvalue weighted by molar-refractivity contribution is 5.28. The van der Waals surface area contributed by atoms with Crippen LogP contribution in [0.5, 0.6) is 0 Å². The fourth-order valence-corrected chi connectivity index (χ4v) is 4.49. The molecule has 5 nitrogen and oxygen atoms in total. The van der Waals surface area contributed by atoms with Gasteiger partial charge in [-0.2, -0.15) is 0 Å². The van der Waals surface area contributed by atoms with Gasteiger partial charge in [0.1, 0.15) is 0 Å². The zero-order valence-electron chi connectivity index (χ0n) is 12.5. The molecule has 0 aromatic carbocycles. The predicted octanol–water partition coefficient (Wildman–Crippen LogP) is 0.333. The standard InChI is InChI=1S/C16H25N5/c17-19-16(14-11-20-7-9-21(14)10-8-20)13-5-1-3-12-4-2-6-18-15(12)13/h2,4,6,13-14,16,19H,1,3,5,7-11,17H2. The molecule has 4 aliphatic rings. The zero-order valence-corrected chi connectivity index (χ0v) is 12.5. The number of nitrogens with zero attached hydrogens (tertiary/aromatic N) is 3. The van der Waals surface area contributed by atoms with Gasteiger partial charge in [0.15, 0.2) is 0 Å². The van der Waals surface area contributed by atoms with E-state index in [1.54, 1.807) is 0 Å². The van der Waals surface area contributed by atoms with Crippen molar-refractivity contribution < 1.29 is 0 Å². The van der Waals surface area contributed by atoms with Gasteiger partial charge in [0.25, 0.3) is 0 Å². The molecule has 0 saturated carbocycles. The highest BCUT2D eigenvalue weighted by Crippen LogP contribution is 2.35. The molecule has 3 aliphatic heterocycles. The highest BCUT2D eigenvalue weighted by atomic mass is 15.4. The summed E-state index contributed by atoms with van der Waals surface area (Å²) in [4.78, 5) is 9.91. The van der Waals surface area contributed by atoms with Crippen molar-refractivity contribution in [1.29, 1.82) is 0 Å². The first kappa shape index (κ1) is 13.6. The molecule has 3 atom stereocenters. The number of hydrazine groups is 1. The third-order valence-electron chi connectivity index (χ3n) is 5.60. The first-order valence-corrected chi connectivity index (χ1v) is 8.23. The minimum atomic E-state index is 0.307. The summed E-state index contributed by atoms with van der Waals surface area (Å²) in [7, 11) is 0. The number of rotatable bonds is 3. The van der Waals surface area contributed by atoms with E-state index in [4.69, 9.17) is 10.8 Å². The molecule has 3 fully saturated rings. The molecule has 3 N–H and O–H groups in total. The number of fused-ring (bicyclic) bond motifs is 4. The van der Waals surface area contributed by atoms with E-state index in [1.165, 1.54) is 50.3 Å². The summed E-state index contributed by atoms with van der Waals surface area (Å²) in [5.74, 6) is 6.45. The van der Waals surface area contributed by atoms with E-state index in [1.807, 2.05) is 6.20 Å². The number of aryl methyl sites for hydroxylation is 1. The smallest absolute Gasteiger partial charge is 0.0483 e. The second-order valence-electron chi connectivity index (χ2n) is 6.64. The average Bonchev–Trinajstić information content (AvgIpc) is 2.57. The molecule has 0 spiro atoms. The van der Waals surface area contributed by atoms with Gasteiger partial charge in [-0.3, -0.25) is 26.1 Å². The lowest BCUT2D eigenvalue weighted by molar-refractivity contribution is -0.00880. The first-order chi connectivity index (χ1) is 10.4. The third kappa shape index (κ3) is 2.38. The topological polar surface area (TPSA) is 57.4 Å². The van der Waals surface area contributed by atoms with Crippen LogP contribution >= 0.6 is 0 Å². The van der Waals surface area contributed by atoms with Crippen LogP contribution in [0, 0.1) is 0 Å². The lowest BCUT2D eigenvalue weighted by Gasteiger charge is -2.51. The lowest BCUT2D eigenvalue weighted by Crippen LogP contribution is -2.68. The molecule has 5 rings (SSSR count). The Hall–Kier alpha value is -1.01. The normalized spacial score (nSPS) is 36.2. The van der Waals surface area contributed by atoms with Gasteiger partial charge in [0.05, 0.1) is 0 Å². The SMILES string of the molecule is NNC(C1CCCc2cccnc21)C1CN2CCN1CC2. The maximum Gasteiger partial charge on any atom is 0.0483 e. The fraction of sp³-hybridized carbons (Fsp3) is 0.688. The molecule has 0 amide bonds. The van der Waals surface area contributed by atoms with Crippen molar-refractivity contribution >= 4 is 0 Å². The van der Waals surface area contributed by atoms with Gasteiger partial charge in [0.2, 0.25) is 0 Å². The van der Waals surface area contributed by atoms with Crippen molar-refractivity contribution in [2.24, 2.45) is 5.84 Å². The van der Waals surface area contributed by atoms with Crippen molar-refractivity contribution in [2.75, 3.05) is 32.7 Å². The van der Waals surface area contributed by atoms with Crippen LogP contribution in [0.4, 0.5) is 0 Å². The van der Waals surface area contributed by atoms with Crippen molar-refractivity contribution in [1.82, 2.24) is 20.2 Å². The minimum Gasteiger partial charge on any atom is -0.299 e. The summed E-state index contributed by atoms with van der Waals surface area (Å²) in [6, 6.07) is 5.13. The van der Waals surface area contributed by atoms with E-state index in [9.17, 15) is 0 Å². The second-order valence-corrected chi connectivity index (χ2v) is 6.64. The zero-order chi connectivity index (χ0) is 14.2. The number of aromatic nitrogens is 1. The van der Waals surface area contributed by atoms with E-state index in [-0.39, 0.29) is 0 Å². The van der Waals surface area contributed by atoms with E-state index in [0.717, 1.165) is 13.0 Å². The molecular formula is C16H25N5. The molecule has 1 aliphatic carbocycles. The Balaban J connectivity index is 1.62. The van der Waals surface area contributed by atoms with Crippen molar-refractivity contribution in [3.63, 3.8) is 0 Å². The number of piperazine rings is 3. The maximum absolute atomic E-state index is 6.00. The molecule has 3 saturated heterocycles. The number of nitrogens with one attached hydrogen (secondary N) is 1. The molecule has 0 radical (unpaired) electrons. The summed E-state index contributed by atoms with van der Waals surface area (Å²) < 4.78 is 0. The maximum atomic E-state index is 6.00. The molecule has 21 heavy (non-hydrogen) atoms. The molecule has 1 aromatic rings. The second kappa shape index (κ2) is 5.65. The van der Waals surface area contributed by atoms with Crippen molar-refractivity contribution in [3.8, 4) is 0 Å². The molecule has 4 heterocycles. The van der Waals surface area contributed by atoms with Crippen LogP contribution < -0.4 is 11.3 Å². The number of nitrogens with two attached hydrogens (primary N) is 1. The Bertz CT molecular complexity index is 497. The van der Waals surface area contributed by atoms with Gasteiger partial charge >= 0.3 is 0 Å². The molecule has 5 heteroatoms. The minimum absolute atomic E-state index is 0.307. The Morgan fingerprint density at radius 1 is 1.29 bits per heavy atom. The Kier molecular flexibility index (Phi) is 3.67. The van der Waals surface area contributed by atoms with Crippen LogP contribution in [0.15, 0.2) is 18.3 Å². The summed E-state index contributed by atoms with van der Waals surface area (Å²) in [5, 5.41) is 0. The summed E-state index contributed by atoms with van der Waals surface area (Å²) in [5.41, 5.74) is 5.86. The highest BCUT2D eigenvalue weighted by Gasteiger charge is 2.41. The number of hydrogen-bond donors (Lipinski definition) is 2. The van der Waals surface area contributed by atoms with Gasteiger partial charge in [-0.1, -0.05) is 6.07 Å². The van der Waals surface area contributed by atoms with Crippen molar-refractivity contribution in [3.05, 3.63) is 29.6 Å². The molecule has 1 aromatic heterocycles. The quantitative estimate of drug-likeness (QED) is 0.620. The van der Waals surface area contributed by atoms with E-state index >= 15 is 0 Å². The molecule has 3 unspecified atom stereocenters. The lowest BCUT2D eigenvalue weighted by atomic mass is 9.78. The summed E-state index contributed by atoms with van der Waals surface area (Å²) in [6.45, 7) is 5.95. The van der Waals surface area contributed by atoms with Gasteiger partial charge in [-0.05, 0) is 30.9 Å². The number of pyridine rings is 1. The van der Waals surface area contributed by atoms with Crippen molar-refractivity contribution in [2.45, 2.75) is 37.3 Å². The Morgan fingerprint density at radius 2 is 2.14 bits per heavy atom. The molecule has 114 valence electrons. The Labute approximate surface area is 126 Å².